The quantitative estimate of drug-likeness (QED) is 0.910. The van der Waals surface area contributed by atoms with Crippen LogP contribution in [-0.4, -0.2) is 40.1 Å². The predicted octanol–water partition coefficient (Wildman–Crippen LogP) is 2.65. The molecular formula is C16H22N4O2S. The standard InChI is InChI=1S/C16H22N4O2S/c1-11(2)15-18-14(22-19-15)10-20-7-5-12(6-8-20)17-16(21)13-4-3-9-23-13/h3-4,9,11-12H,5-8,10H2,1-2H3,(H,17,21). The number of aromatic nitrogens is 2. The second-order valence-corrected chi connectivity index (χ2v) is 7.15. The Balaban J connectivity index is 1.45. The lowest BCUT2D eigenvalue weighted by Gasteiger charge is -2.31. The van der Waals surface area contributed by atoms with Crippen molar-refractivity contribution in [3.8, 4) is 0 Å². The van der Waals surface area contributed by atoms with Gasteiger partial charge in [0.1, 0.15) is 0 Å². The van der Waals surface area contributed by atoms with Crippen LogP contribution in [0.4, 0.5) is 0 Å². The van der Waals surface area contributed by atoms with Gasteiger partial charge in [-0.1, -0.05) is 25.1 Å². The van der Waals surface area contributed by atoms with Gasteiger partial charge in [0.05, 0.1) is 11.4 Å². The topological polar surface area (TPSA) is 71.3 Å². The second kappa shape index (κ2) is 7.23. The van der Waals surface area contributed by atoms with Crippen molar-refractivity contribution in [2.24, 2.45) is 0 Å². The number of carbonyl (C=O) groups is 1. The van der Waals surface area contributed by atoms with Crippen LogP contribution in [0.1, 0.15) is 54.0 Å². The number of nitrogens with zero attached hydrogens (tertiary/aromatic N) is 3. The van der Waals surface area contributed by atoms with Gasteiger partial charge in [-0.05, 0) is 24.3 Å². The van der Waals surface area contributed by atoms with E-state index in [9.17, 15) is 4.79 Å². The Morgan fingerprint density at radius 3 is 2.87 bits per heavy atom. The van der Waals surface area contributed by atoms with Crippen LogP contribution < -0.4 is 5.32 Å². The molecule has 0 atom stereocenters. The number of hydrogen-bond donors (Lipinski definition) is 1. The molecule has 1 N–H and O–H groups in total. The largest absolute Gasteiger partial charge is 0.349 e. The molecule has 0 spiro atoms. The van der Waals surface area contributed by atoms with Gasteiger partial charge in [-0.2, -0.15) is 4.98 Å². The first-order valence-corrected chi connectivity index (χ1v) is 8.89. The average molecular weight is 334 g/mol. The second-order valence-electron chi connectivity index (χ2n) is 6.20. The highest BCUT2D eigenvalue weighted by atomic mass is 32.1. The zero-order chi connectivity index (χ0) is 16.2. The first-order valence-electron chi connectivity index (χ1n) is 8.01. The van der Waals surface area contributed by atoms with Crippen LogP contribution in [0.2, 0.25) is 0 Å². The summed E-state index contributed by atoms with van der Waals surface area (Å²) in [6.07, 6.45) is 1.89. The van der Waals surface area contributed by atoms with E-state index in [1.54, 1.807) is 0 Å². The van der Waals surface area contributed by atoms with E-state index in [1.807, 2.05) is 17.5 Å². The summed E-state index contributed by atoms with van der Waals surface area (Å²) >= 11 is 1.48. The van der Waals surface area contributed by atoms with Crippen LogP contribution in [0.25, 0.3) is 0 Å². The molecule has 1 amide bonds. The molecule has 0 aliphatic carbocycles. The molecule has 1 aliphatic rings. The molecule has 6 nitrogen and oxygen atoms in total. The Kier molecular flexibility index (Phi) is 5.07. The number of hydrogen-bond acceptors (Lipinski definition) is 6. The fourth-order valence-electron chi connectivity index (χ4n) is 2.66. The minimum absolute atomic E-state index is 0.0388. The first kappa shape index (κ1) is 16.1. The lowest BCUT2D eigenvalue weighted by molar-refractivity contribution is 0.0908. The molecule has 7 heteroatoms. The van der Waals surface area contributed by atoms with Crippen LogP contribution in [0.5, 0.6) is 0 Å². The summed E-state index contributed by atoms with van der Waals surface area (Å²) in [6.45, 7) is 6.64. The summed E-state index contributed by atoms with van der Waals surface area (Å²) in [5.74, 6) is 1.76. The van der Waals surface area contributed by atoms with E-state index >= 15 is 0 Å². The molecule has 0 radical (unpaired) electrons. The third kappa shape index (κ3) is 4.17. The van der Waals surface area contributed by atoms with Gasteiger partial charge in [0.25, 0.3) is 5.91 Å². The molecule has 0 bridgehead atoms. The van der Waals surface area contributed by atoms with E-state index in [-0.39, 0.29) is 17.9 Å². The number of thiophene rings is 1. The van der Waals surface area contributed by atoms with Gasteiger partial charge in [0.15, 0.2) is 5.82 Å². The van der Waals surface area contributed by atoms with Gasteiger partial charge in [-0.15, -0.1) is 11.3 Å². The SMILES string of the molecule is CC(C)c1noc(CN2CCC(NC(=O)c3cccs3)CC2)n1. The number of piperidine rings is 1. The normalized spacial score (nSPS) is 16.8. The van der Waals surface area contributed by atoms with Gasteiger partial charge in [-0.25, -0.2) is 0 Å². The molecule has 124 valence electrons. The summed E-state index contributed by atoms with van der Waals surface area (Å²) in [4.78, 5) is 19.6. The predicted molar refractivity (Wildman–Crippen MR) is 88.5 cm³/mol. The van der Waals surface area contributed by atoms with Crippen molar-refractivity contribution >= 4 is 17.2 Å². The Labute approximate surface area is 139 Å². The summed E-state index contributed by atoms with van der Waals surface area (Å²) < 4.78 is 5.30. The van der Waals surface area contributed by atoms with Crippen LogP contribution >= 0.6 is 11.3 Å². The van der Waals surface area contributed by atoms with Crippen LogP contribution in [0.15, 0.2) is 22.0 Å². The Hall–Kier alpha value is -1.73. The lowest BCUT2D eigenvalue weighted by Crippen LogP contribution is -2.44. The maximum Gasteiger partial charge on any atom is 0.261 e. The van der Waals surface area contributed by atoms with E-state index in [0.29, 0.717) is 12.4 Å². The number of likely N-dealkylation sites (tertiary alicyclic amines) is 1. The van der Waals surface area contributed by atoms with E-state index in [2.05, 4.69) is 34.2 Å². The third-order valence-corrected chi connectivity index (χ3v) is 4.90. The zero-order valence-corrected chi connectivity index (χ0v) is 14.3. The molecule has 0 saturated carbocycles. The van der Waals surface area contributed by atoms with Crippen LogP contribution in [0.3, 0.4) is 0 Å². The summed E-state index contributed by atoms with van der Waals surface area (Å²) in [5.41, 5.74) is 0. The Bertz CT molecular complexity index is 630. The minimum Gasteiger partial charge on any atom is -0.349 e. The van der Waals surface area contributed by atoms with Crippen molar-refractivity contribution in [3.05, 3.63) is 34.1 Å². The van der Waals surface area contributed by atoms with E-state index in [1.165, 1.54) is 11.3 Å². The molecule has 2 aromatic heterocycles. The molecular weight excluding hydrogens is 312 g/mol. The van der Waals surface area contributed by atoms with Crippen molar-refractivity contribution in [3.63, 3.8) is 0 Å². The van der Waals surface area contributed by atoms with Gasteiger partial charge < -0.3 is 9.84 Å². The number of rotatable bonds is 5. The molecule has 0 unspecified atom stereocenters. The number of amides is 1. The van der Waals surface area contributed by atoms with Crippen LogP contribution in [0, 0.1) is 0 Å². The molecule has 23 heavy (non-hydrogen) atoms. The summed E-state index contributed by atoms with van der Waals surface area (Å²) in [5, 5.41) is 9.04. The van der Waals surface area contributed by atoms with Crippen LogP contribution in [-0.2, 0) is 6.54 Å². The number of nitrogens with one attached hydrogen (secondary N) is 1. The maximum atomic E-state index is 12.1. The van der Waals surface area contributed by atoms with Gasteiger partial charge >= 0.3 is 0 Å². The first-order chi connectivity index (χ1) is 11.1. The fourth-order valence-corrected chi connectivity index (χ4v) is 3.28. The molecule has 2 aromatic rings. The Morgan fingerprint density at radius 1 is 1.48 bits per heavy atom. The molecule has 1 saturated heterocycles. The molecule has 1 fully saturated rings. The lowest BCUT2D eigenvalue weighted by atomic mass is 10.0. The van der Waals surface area contributed by atoms with Gasteiger partial charge in [0, 0.05) is 25.0 Å². The van der Waals surface area contributed by atoms with E-state index in [4.69, 9.17) is 4.52 Å². The van der Waals surface area contributed by atoms with E-state index in [0.717, 1.165) is 36.6 Å². The van der Waals surface area contributed by atoms with Gasteiger partial charge in [-0.3, -0.25) is 9.69 Å². The average Bonchev–Trinajstić information content (AvgIpc) is 3.20. The smallest absolute Gasteiger partial charge is 0.261 e. The molecule has 3 heterocycles. The zero-order valence-electron chi connectivity index (χ0n) is 13.5. The summed E-state index contributed by atoms with van der Waals surface area (Å²) in [7, 11) is 0. The molecule has 0 aromatic carbocycles. The third-order valence-electron chi connectivity index (χ3n) is 4.03. The van der Waals surface area contributed by atoms with Gasteiger partial charge in [0.2, 0.25) is 5.89 Å². The highest BCUT2D eigenvalue weighted by molar-refractivity contribution is 7.12. The highest BCUT2D eigenvalue weighted by Crippen LogP contribution is 2.16. The Morgan fingerprint density at radius 2 is 2.26 bits per heavy atom. The number of carbonyl (C=O) groups excluding carboxylic acids is 1. The minimum atomic E-state index is 0.0388. The summed E-state index contributed by atoms with van der Waals surface area (Å²) in [6, 6.07) is 4.00. The molecule has 1 aliphatic heterocycles. The van der Waals surface area contributed by atoms with Crippen molar-refractivity contribution in [1.29, 1.82) is 0 Å². The molecule has 3 rings (SSSR count). The monoisotopic (exact) mass is 334 g/mol. The maximum absolute atomic E-state index is 12.1. The van der Waals surface area contributed by atoms with Crippen molar-refractivity contribution < 1.29 is 9.32 Å². The van der Waals surface area contributed by atoms with E-state index < -0.39 is 0 Å². The van der Waals surface area contributed by atoms with Crippen molar-refractivity contribution in [2.75, 3.05) is 13.1 Å². The highest BCUT2D eigenvalue weighted by Gasteiger charge is 2.23. The van der Waals surface area contributed by atoms with Crippen molar-refractivity contribution in [1.82, 2.24) is 20.4 Å². The van der Waals surface area contributed by atoms with Crippen molar-refractivity contribution in [2.45, 2.75) is 45.2 Å². The fraction of sp³-hybridized carbons (Fsp3) is 0.562.